The Kier molecular flexibility index (Phi) is 4.02. The zero-order valence-electron chi connectivity index (χ0n) is 17.8. The molecule has 1 fully saturated rings. The first-order chi connectivity index (χ1) is 14.0. The van der Waals surface area contributed by atoms with Gasteiger partial charge in [-0.2, -0.15) is 0 Å². The third-order valence-corrected chi connectivity index (χ3v) is 7.06. The van der Waals surface area contributed by atoms with Crippen molar-refractivity contribution in [3.63, 3.8) is 0 Å². The maximum absolute atomic E-state index is 13.6. The maximum atomic E-state index is 13.6. The summed E-state index contributed by atoms with van der Waals surface area (Å²) in [6.45, 7) is 7.20. The van der Waals surface area contributed by atoms with Gasteiger partial charge in [-0.1, -0.05) is 0 Å². The second-order valence-electron chi connectivity index (χ2n) is 8.47. The topological polar surface area (TPSA) is 38.8 Å². The number of hydrogen-bond acceptors (Lipinski definition) is 3. The van der Waals surface area contributed by atoms with Crippen molar-refractivity contribution in [1.82, 2.24) is 4.90 Å². The van der Waals surface area contributed by atoms with Crippen LogP contribution in [0.15, 0.2) is 18.2 Å². The molecule has 150 valence electrons. The molecule has 0 bridgehead atoms. The third-order valence-electron chi connectivity index (χ3n) is 7.06. The Hall–Kier alpha value is -2.75. The quantitative estimate of drug-likeness (QED) is 0.573. The molecule has 1 atom stereocenters. The van der Waals surface area contributed by atoms with Crippen molar-refractivity contribution in [1.29, 1.82) is 0 Å². The van der Waals surface area contributed by atoms with Crippen LogP contribution in [0.25, 0.3) is 21.5 Å². The fourth-order valence-electron chi connectivity index (χ4n) is 5.45. The van der Waals surface area contributed by atoms with Gasteiger partial charge in [0.1, 0.15) is 11.5 Å². The van der Waals surface area contributed by atoms with Crippen molar-refractivity contribution in [2.24, 2.45) is 0 Å². The van der Waals surface area contributed by atoms with Crippen molar-refractivity contribution in [2.75, 3.05) is 20.8 Å². The van der Waals surface area contributed by atoms with Gasteiger partial charge in [-0.3, -0.25) is 4.79 Å². The van der Waals surface area contributed by atoms with E-state index in [0.29, 0.717) is 6.04 Å². The van der Waals surface area contributed by atoms with E-state index in [2.05, 4.69) is 43.9 Å². The van der Waals surface area contributed by atoms with E-state index >= 15 is 0 Å². The summed E-state index contributed by atoms with van der Waals surface area (Å²) in [5.41, 5.74) is 5.48. The molecular weight excluding hydrogens is 362 g/mol. The van der Waals surface area contributed by atoms with Crippen LogP contribution in [-0.4, -0.2) is 37.6 Å². The molecule has 0 aromatic heterocycles. The van der Waals surface area contributed by atoms with Crippen molar-refractivity contribution in [2.45, 2.75) is 46.1 Å². The lowest BCUT2D eigenvalue weighted by Crippen LogP contribution is -2.41. The molecule has 29 heavy (non-hydrogen) atoms. The maximum Gasteiger partial charge on any atom is 0.255 e. The number of aryl methyl sites for hydroxylation is 2. The number of hydrogen-bond donors (Lipinski definition) is 0. The van der Waals surface area contributed by atoms with Crippen LogP contribution in [-0.2, 0) is 6.42 Å². The Labute approximate surface area is 171 Å². The molecule has 1 amide bonds. The SMILES string of the molecule is COc1cc2c3c(c4cc(OC)c(C)c(C)c4c2cc1C)CC1CCCN1C3=O. The molecule has 0 saturated carbocycles. The van der Waals surface area contributed by atoms with Crippen LogP contribution in [0.4, 0.5) is 0 Å². The zero-order chi connectivity index (χ0) is 20.4. The average Bonchev–Trinajstić information content (AvgIpc) is 3.19. The lowest BCUT2D eigenvalue weighted by molar-refractivity contribution is 0.0717. The molecule has 0 spiro atoms. The van der Waals surface area contributed by atoms with Gasteiger partial charge in [-0.25, -0.2) is 0 Å². The first kappa shape index (κ1) is 18.3. The highest BCUT2D eigenvalue weighted by atomic mass is 16.5. The first-order valence-corrected chi connectivity index (χ1v) is 10.4. The van der Waals surface area contributed by atoms with E-state index in [9.17, 15) is 4.79 Å². The molecule has 4 heteroatoms. The highest BCUT2D eigenvalue weighted by Crippen LogP contribution is 2.44. The molecule has 3 aromatic rings. The van der Waals surface area contributed by atoms with Crippen molar-refractivity contribution >= 4 is 27.5 Å². The number of amides is 1. The van der Waals surface area contributed by atoms with Crippen LogP contribution in [0.1, 0.15) is 45.5 Å². The van der Waals surface area contributed by atoms with E-state index < -0.39 is 0 Å². The van der Waals surface area contributed by atoms with E-state index in [-0.39, 0.29) is 5.91 Å². The Balaban J connectivity index is 2.00. The summed E-state index contributed by atoms with van der Waals surface area (Å²) in [4.78, 5) is 15.7. The van der Waals surface area contributed by atoms with Crippen LogP contribution in [0.3, 0.4) is 0 Å². The predicted octanol–water partition coefficient (Wildman–Crippen LogP) is 5.10. The number of carbonyl (C=O) groups is 1. The van der Waals surface area contributed by atoms with Crippen molar-refractivity contribution < 1.29 is 14.3 Å². The summed E-state index contributed by atoms with van der Waals surface area (Å²) in [7, 11) is 3.42. The summed E-state index contributed by atoms with van der Waals surface area (Å²) in [5, 5.41) is 4.54. The van der Waals surface area contributed by atoms with Gasteiger partial charge in [0.05, 0.1) is 19.8 Å². The number of rotatable bonds is 2. The third kappa shape index (κ3) is 2.41. The Bertz CT molecular complexity index is 1190. The van der Waals surface area contributed by atoms with Gasteiger partial charge in [0, 0.05) is 12.6 Å². The molecule has 1 saturated heterocycles. The highest BCUT2D eigenvalue weighted by Gasteiger charge is 2.38. The summed E-state index contributed by atoms with van der Waals surface area (Å²) >= 11 is 0. The molecule has 0 aliphatic carbocycles. The lowest BCUT2D eigenvalue weighted by Gasteiger charge is -2.33. The normalized spacial score (nSPS) is 18.3. The fraction of sp³-hybridized carbons (Fsp3) is 0.400. The molecule has 5 rings (SSSR count). The minimum Gasteiger partial charge on any atom is -0.496 e. The van der Waals surface area contributed by atoms with Crippen LogP contribution >= 0.6 is 0 Å². The summed E-state index contributed by atoms with van der Waals surface area (Å²) in [5.74, 6) is 1.89. The Morgan fingerprint density at radius 2 is 1.66 bits per heavy atom. The standard InChI is InChI=1S/C25H27NO3/c1-13-9-17-20(11-21(13)28-4)24-18(10-16-7-6-8-26(16)25(24)27)19-12-22(29-5)14(2)15(3)23(17)19/h9,11-12,16H,6-8,10H2,1-5H3. The minimum absolute atomic E-state index is 0.170. The van der Waals surface area contributed by atoms with E-state index in [1.54, 1.807) is 14.2 Å². The van der Waals surface area contributed by atoms with Crippen LogP contribution < -0.4 is 9.47 Å². The van der Waals surface area contributed by atoms with E-state index in [4.69, 9.17) is 9.47 Å². The van der Waals surface area contributed by atoms with E-state index in [1.807, 2.05) is 0 Å². The molecule has 0 radical (unpaired) electrons. The second-order valence-corrected chi connectivity index (χ2v) is 8.47. The van der Waals surface area contributed by atoms with Gasteiger partial charge in [0.25, 0.3) is 5.91 Å². The van der Waals surface area contributed by atoms with Crippen LogP contribution in [0.2, 0.25) is 0 Å². The van der Waals surface area contributed by atoms with Gasteiger partial charge >= 0.3 is 0 Å². The van der Waals surface area contributed by atoms with Crippen LogP contribution in [0, 0.1) is 20.8 Å². The summed E-state index contributed by atoms with van der Waals surface area (Å²) in [6.07, 6.45) is 3.09. The second kappa shape index (κ2) is 6.38. The Morgan fingerprint density at radius 3 is 2.38 bits per heavy atom. The fourth-order valence-corrected chi connectivity index (χ4v) is 5.45. The van der Waals surface area contributed by atoms with E-state index in [1.165, 1.54) is 16.5 Å². The number of fused-ring (bicyclic) bond motifs is 7. The summed E-state index contributed by atoms with van der Waals surface area (Å²) in [6, 6.07) is 6.71. The average molecular weight is 389 g/mol. The molecule has 0 N–H and O–H groups in total. The first-order valence-electron chi connectivity index (χ1n) is 10.4. The number of nitrogens with zero attached hydrogens (tertiary/aromatic N) is 1. The molecule has 3 aromatic carbocycles. The van der Waals surface area contributed by atoms with Gasteiger partial charge in [0.2, 0.25) is 0 Å². The lowest BCUT2D eigenvalue weighted by atomic mass is 9.82. The largest absolute Gasteiger partial charge is 0.496 e. The predicted molar refractivity (Wildman–Crippen MR) is 117 cm³/mol. The minimum atomic E-state index is 0.170. The highest BCUT2D eigenvalue weighted by molar-refractivity contribution is 6.21. The van der Waals surface area contributed by atoms with E-state index in [0.717, 1.165) is 70.2 Å². The Morgan fingerprint density at radius 1 is 0.931 bits per heavy atom. The van der Waals surface area contributed by atoms with Crippen LogP contribution in [0.5, 0.6) is 11.5 Å². The molecule has 2 aliphatic rings. The monoisotopic (exact) mass is 389 g/mol. The van der Waals surface area contributed by atoms with Gasteiger partial charge in [0.15, 0.2) is 0 Å². The van der Waals surface area contributed by atoms with Gasteiger partial charge in [-0.15, -0.1) is 0 Å². The number of methoxy groups -OCH3 is 2. The number of carbonyl (C=O) groups excluding carboxylic acids is 1. The molecule has 1 unspecified atom stereocenters. The summed E-state index contributed by atoms with van der Waals surface area (Å²) < 4.78 is 11.3. The van der Waals surface area contributed by atoms with Gasteiger partial charge < -0.3 is 14.4 Å². The smallest absolute Gasteiger partial charge is 0.255 e. The van der Waals surface area contributed by atoms with Crippen molar-refractivity contribution in [3.8, 4) is 11.5 Å². The molecule has 2 aliphatic heterocycles. The molecule has 2 heterocycles. The zero-order valence-corrected chi connectivity index (χ0v) is 17.8. The molecule has 4 nitrogen and oxygen atoms in total. The molecular formula is C25H27NO3. The number of benzene rings is 3. The van der Waals surface area contributed by atoms with Crippen molar-refractivity contribution in [3.05, 3.63) is 46.0 Å². The number of ether oxygens (including phenoxy) is 2. The van der Waals surface area contributed by atoms with Gasteiger partial charge in [-0.05, 0) is 102 Å².